The van der Waals surface area contributed by atoms with Gasteiger partial charge in [0.25, 0.3) is 0 Å². The molecular formula is C11H22N2. The number of hydrogen-bond donors (Lipinski definition) is 2. The fraction of sp³-hybridized carbons (Fsp3) is 1.00. The van der Waals surface area contributed by atoms with Crippen molar-refractivity contribution in [3.63, 3.8) is 0 Å². The second kappa shape index (κ2) is 4.43. The highest BCUT2D eigenvalue weighted by molar-refractivity contribution is 4.81. The molecule has 2 aliphatic rings. The van der Waals surface area contributed by atoms with Crippen molar-refractivity contribution in [2.45, 2.75) is 38.6 Å². The van der Waals surface area contributed by atoms with E-state index in [2.05, 4.69) is 17.6 Å². The Bertz CT molecular complexity index is 146. The van der Waals surface area contributed by atoms with Crippen LogP contribution in [0.5, 0.6) is 0 Å². The number of hydrogen-bond acceptors (Lipinski definition) is 2. The first-order valence-electron chi connectivity index (χ1n) is 5.80. The maximum Gasteiger partial charge on any atom is 0.0192 e. The highest BCUT2D eigenvalue weighted by Gasteiger charge is 2.27. The van der Waals surface area contributed by atoms with E-state index >= 15 is 0 Å². The molecule has 1 aliphatic carbocycles. The van der Waals surface area contributed by atoms with Gasteiger partial charge in [-0.25, -0.2) is 0 Å². The van der Waals surface area contributed by atoms with Gasteiger partial charge in [-0.2, -0.15) is 0 Å². The van der Waals surface area contributed by atoms with E-state index in [1.165, 1.54) is 45.3 Å². The maximum atomic E-state index is 3.59. The minimum atomic E-state index is 0.756. The Morgan fingerprint density at radius 3 is 2.85 bits per heavy atom. The van der Waals surface area contributed by atoms with Gasteiger partial charge in [-0.3, -0.25) is 0 Å². The van der Waals surface area contributed by atoms with E-state index in [9.17, 15) is 0 Å². The van der Waals surface area contributed by atoms with Crippen molar-refractivity contribution in [1.29, 1.82) is 0 Å². The minimum absolute atomic E-state index is 0.756. The first-order chi connectivity index (χ1) is 6.36. The van der Waals surface area contributed by atoms with E-state index in [0.717, 1.165) is 17.9 Å². The lowest BCUT2D eigenvalue weighted by Crippen LogP contribution is -2.36. The third-order valence-electron chi connectivity index (χ3n) is 3.45. The topological polar surface area (TPSA) is 24.1 Å². The molecule has 2 unspecified atom stereocenters. The molecule has 2 atom stereocenters. The van der Waals surface area contributed by atoms with E-state index in [1.54, 1.807) is 0 Å². The average molecular weight is 182 g/mol. The van der Waals surface area contributed by atoms with E-state index in [0.29, 0.717) is 0 Å². The zero-order chi connectivity index (χ0) is 9.10. The summed E-state index contributed by atoms with van der Waals surface area (Å²) < 4.78 is 0. The molecule has 13 heavy (non-hydrogen) atoms. The molecule has 0 aromatic carbocycles. The van der Waals surface area contributed by atoms with Crippen LogP contribution in [0, 0.1) is 11.8 Å². The van der Waals surface area contributed by atoms with Gasteiger partial charge in [-0.05, 0) is 50.6 Å². The molecule has 2 heteroatoms. The Morgan fingerprint density at radius 1 is 1.38 bits per heavy atom. The zero-order valence-electron chi connectivity index (χ0n) is 8.68. The highest BCUT2D eigenvalue weighted by Crippen LogP contribution is 2.35. The monoisotopic (exact) mass is 182 g/mol. The van der Waals surface area contributed by atoms with Gasteiger partial charge in [0, 0.05) is 12.6 Å². The van der Waals surface area contributed by atoms with Crippen LogP contribution in [0.3, 0.4) is 0 Å². The summed E-state index contributed by atoms with van der Waals surface area (Å²) in [5.41, 5.74) is 0. The van der Waals surface area contributed by atoms with Crippen molar-refractivity contribution in [3.8, 4) is 0 Å². The highest BCUT2D eigenvalue weighted by atomic mass is 15.0. The van der Waals surface area contributed by atoms with E-state index in [4.69, 9.17) is 0 Å². The molecule has 1 saturated heterocycles. The van der Waals surface area contributed by atoms with Crippen molar-refractivity contribution in [3.05, 3.63) is 0 Å². The fourth-order valence-corrected chi connectivity index (χ4v) is 2.25. The van der Waals surface area contributed by atoms with Crippen LogP contribution in [-0.4, -0.2) is 25.7 Å². The fourth-order valence-electron chi connectivity index (χ4n) is 2.25. The van der Waals surface area contributed by atoms with Crippen LogP contribution in [0.15, 0.2) is 0 Å². The molecule has 2 nitrogen and oxygen atoms in total. The predicted molar refractivity (Wildman–Crippen MR) is 55.8 cm³/mol. The minimum Gasteiger partial charge on any atom is -0.315 e. The van der Waals surface area contributed by atoms with Gasteiger partial charge < -0.3 is 10.6 Å². The molecule has 2 fully saturated rings. The predicted octanol–water partition coefficient (Wildman–Crippen LogP) is 1.37. The molecule has 76 valence electrons. The van der Waals surface area contributed by atoms with E-state index < -0.39 is 0 Å². The quantitative estimate of drug-likeness (QED) is 0.671. The lowest BCUT2D eigenvalue weighted by atomic mass is 10.1. The van der Waals surface area contributed by atoms with Crippen molar-refractivity contribution >= 4 is 0 Å². The van der Waals surface area contributed by atoms with Crippen LogP contribution < -0.4 is 10.6 Å². The third-order valence-corrected chi connectivity index (χ3v) is 3.45. The molecule has 1 aliphatic heterocycles. The van der Waals surface area contributed by atoms with Crippen LogP contribution in [0.2, 0.25) is 0 Å². The Kier molecular flexibility index (Phi) is 3.23. The Morgan fingerprint density at radius 2 is 2.23 bits per heavy atom. The largest absolute Gasteiger partial charge is 0.315 e. The van der Waals surface area contributed by atoms with Gasteiger partial charge in [0.2, 0.25) is 0 Å². The summed E-state index contributed by atoms with van der Waals surface area (Å²) in [5, 5.41) is 7.10. The van der Waals surface area contributed by atoms with Crippen molar-refractivity contribution in [2.75, 3.05) is 19.6 Å². The van der Waals surface area contributed by atoms with E-state index in [1.807, 2.05) is 0 Å². The SMILES string of the molecule is CC(CNCC1CCCN1)C1CC1. The molecule has 1 saturated carbocycles. The summed E-state index contributed by atoms with van der Waals surface area (Å²) in [6.45, 7) is 6.01. The van der Waals surface area contributed by atoms with Gasteiger partial charge in [-0.1, -0.05) is 6.92 Å². The first kappa shape index (κ1) is 9.47. The second-order valence-electron chi connectivity index (χ2n) is 4.77. The molecule has 0 aromatic rings. The summed E-state index contributed by atoms with van der Waals surface area (Å²) >= 11 is 0. The molecule has 1 heterocycles. The van der Waals surface area contributed by atoms with Crippen molar-refractivity contribution in [2.24, 2.45) is 11.8 Å². The Hall–Kier alpha value is -0.0800. The summed E-state index contributed by atoms with van der Waals surface area (Å²) in [4.78, 5) is 0. The standard InChI is InChI=1S/C11H22N2/c1-9(10-4-5-10)7-12-8-11-3-2-6-13-11/h9-13H,2-8H2,1H3. The zero-order valence-corrected chi connectivity index (χ0v) is 8.68. The molecule has 2 N–H and O–H groups in total. The van der Waals surface area contributed by atoms with Crippen LogP contribution in [0.1, 0.15) is 32.6 Å². The molecule has 0 bridgehead atoms. The summed E-state index contributed by atoms with van der Waals surface area (Å²) in [6.07, 6.45) is 5.68. The lowest BCUT2D eigenvalue weighted by Gasteiger charge is -2.14. The van der Waals surface area contributed by atoms with Gasteiger partial charge in [-0.15, -0.1) is 0 Å². The molecule has 2 rings (SSSR count). The average Bonchev–Trinajstić information content (AvgIpc) is 2.86. The molecule has 0 amide bonds. The smallest absolute Gasteiger partial charge is 0.0192 e. The maximum absolute atomic E-state index is 3.59. The molecule has 0 spiro atoms. The van der Waals surface area contributed by atoms with Crippen LogP contribution in [-0.2, 0) is 0 Å². The van der Waals surface area contributed by atoms with Crippen molar-refractivity contribution < 1.29 is 0 Å². The van der Waals surface area contributed by atoms with Crippen LogP contribution >= 0.6 is 0 Å². The molecule has 0 aromatic heterocycles. The molecule has 0 radical (unpaired) electrons. The Balaban J connectivity index is 1.52. The normalized spacial score (nSPS) is 30.7. The third kappa shape index (κ3) is 2.96. The van der Waals surface area contributed by atoms with Crippen LogP contribution in [0.4, 0.5) is 0 Å². The summed E-state index contributed by atoms with van der Waals surface area (Å²) in [7, 11) is 0. The first-order valence-corrected chi connectivity index (χ1v) is 5.80. The van der Waals surface area contributed by atoms with Crippen LogP contribution in [0.25, 0.3) is 0 Å². The Labute approximate surface area is 81.5 Å². The van der Waals surface area contributed by atoms with Crippen molar-refractivity contribution in [1.82, 2.24) is 10.6 Å². The second-order valence-corrected chi connectivity index (χ2v) is 4.77. The lowest BCUT2D eigenvalue weighted by molar-refractivity contribution is 0.438. The van der Waals surface area contributed by atoms with Gasteiger partial charge in [0.15, 0.2) is 0 Å². The van der Waals surface area contributed by atoms with Gasteiger partial charge in [0.05, 0.1) is 0 Å². The number of rotatable bonds is 5. The molecular weight excluding hydrogens is 160 g/mol. The summed E-state index contributed by atoms with van der Waals surface area (Å²) in [6, 6.07) is 0.756. The van der Waals surface area contributed by atoms with Gasteiger partial charge in [0.1, 0.15) is 0 Å². The summed E-state index contributed by atoms with van der Waals surface area (Å²) in [5.74, 6) is 1.95. The number of nitrogens with one attached hydrogen (secondary N) is 2. The van der Waals surface area contributed by atoms with E-state index in [-0.39, 0.29) is 0 Å². The van der Waals surface area contributed by atoms with Gasteiger partial charge >= 0.3 is 0 Å².